The number of nitrogens with one attached hydrogen (secondary N) is 1. The van der Waals surface area contributed by atoms with Gasteiger partial charge in [0.05, 0.1) is 17.0 Å². The van der Waals surface area contributed by atoms with Crippen LogP contribution in [0, 0.1) is 13.8 Å². The van der Waals surface area contributed by atoms with Crippen LogP contribution in [0.1, 0.15) is 30.7 Å². The Kier molecular flexibility index (Phi) is 4.96. The van der Waals surface area contributed by atoms with Crippen molar-refractivity contribution in [3.8, 4) is 0 Å². The molecule has 1 saturated heterocycles. The van der Waals surface area contributed by atoms with E-state index in [1.807, 2.05) is 19.0 Å². The molecule has 7 nitrogen and oxygen atoms in total. The molecule has 0 bridgehead atoms. The molecule has 0 aromatic carbocycles. The monoisotopic (exact) mass is 330 g/mol. The minimum Gasteiger partial charge on any atom is -0.389 e. The van der Waals surface area contributed by atoms with Gasteiger partial charge in [0.2, 0.25) is 10.0 Å². The van der Waals surface area contributed by atoms with Gasteiger partial charge >= 0.3 is 0 Å². The first-order valence-corrected chi connectivity index (χ1v) is 8.98. The molecule has 2 heterocycles. The topological polar surface area (TPSA) is 89.5 Å². The van der Waals surface area contributed by atoms with Crippen molar-refractivity contribution in [2.75, 3.05) is 33.7 Å². The van der Waals surface area contributed by atoms with Crippen LogP contribution in [-0.2, 0) is 10.0 Å². The van der Waals surface area contributed by atoms with Crippen LogP contribution in [0.2, 0.25) is 0 Å². The number of H-pyrrole nitrogens is 1. The lowest BCUT2D eigenvalue weighted by molar-refractivity contribution is 0.00405. The fourth-order valence-electron chi connectivity index (χ4n) is 3.19. The lowest BCUT2D eigenvalue weighted by Gasteiger charge is -2.29. The third kappa shape index (κ3) is 3.51. The molecule has 1 aromatic heterocycles. The number of aromatic amines is 1. The summed E-state index contributed by atoms with van der Waals surface area (Å²) in [5.41, 5.74) is 0.226. The maximum Gasteiger partial charge on any atom is 0.246 e. The summed E-state index contributed by atoms with van der Waals surface area (Å²) in [4.78, 5) is 2.21. The average Bonchev–Trinajstić information content (AvgIpc) is 2.60. The van der Waals surface area contributed by atoms with Crippen LogP contribution in [0.5, 0.6) is 0 Å². The number of likely N-dealkylation sites (N-methyl/N-ethyl adjacent to an activating group) is 1. The molecule has 2 N–H and O–H groups in total. The second-order valence-electron chi connectivity index (χ2n) is 6.48. The maximum absolute atomic E-state index is 12.8. The number of hydrogen-bond acceptors (Lipinski definition) is 5. The minimum atomic E-state index is -3.57. The van der Waals surface area contributed by atoms with Crippen molar-refractivity contribution in [2.45, 2.75) is 43.6 Å². The summed E-state index contributed by atoms with van der Waals surface area (Å²) < 4.78 is 27.2. The third-order valence-corrected chi connectivity index (χ3v) is 6.31. The van der Waals surface area contributed by atoms with Crippen LogP contribution >= 0.6 is 0 Å². The van der Waals surface area contributed by atoms with E-state index in [2.05, 4.69) is 10.2 Å². The maximum atomic E-state index is 12.8. The van der Waals surface area contributed by atoms with Crippen molar-refractivity contribution in [3.05, 3.63) is 11.4 Å². The zero-order valence-electron chi connectivity index (χ0n) is 13.8. The van der Waals surface area contributed by atoms with E-state index >= 15 is 0 Å². The van der Waals surface area contributed by atoms with E-state index in [4.69, 9.17) is 0 Å². The summed E-state index contributed by atoms with van der Waals surface area (Å²) >= 11 is 0. The quantitative estimate of drug-likeness (QED) is 0.839. The summed E-state index contributed by atoms with van der Waals surface area (Å²) in [6.07, 6.45) is 1.71. The van der Waals surface area contributed by atoms with Crippen LogP contribution in [-0.4, -0.2) is 72.3 Å². The smallest absolute Gasteiger partial charge is 0.246 e. The number of aliphatic hydroxyl groups is 1. The van der Waals surface area contributed by atoms with Gasteiger partial charge < -0.3 is 10.0 Å². The highest BCUT2D eigenvalue weighted by molar-refractivity contribution is 7.89. The molecule has 22 heavy (non-hydrogen) atoms. The van der Waals surface area contributed by atoms with Gasteiger partial charge in [0.1, 0.15) is 4.90 Å². The molecule has 126 valence electrons. The molecule has 0 spiro atoms. The second kappa shape index (κ2) is 6.27. The van der Waals surface area contributed by atoms with Crippen molar-refractivity contribution in [1.82, 2.24) is 19.4 Å². The van der Waals surface area contributed by atoms with Crippen molar-refractivity contribution >= 4 is 10.0 Å². The lowest BCUT2D eigenvalue weighted by atomic mass is 9.94. The molecule has 2 rings (SSSR count). The van der Waals surface area contributed by atoms with Gasteiger partial charge in [0, 0.05) is 19.6 Å². The van der Waals surface area contributed by atoms with E-state index < -0.39 is 15.6 Å². The van der Waals surface area contributed by atoms with Crippen LogP contribution in [0.25, 0.3) is 0 Å². The Morgan fingerprint density at radius 2 is 2.00 bits per heavy atom. The first kappa shape index (κ1) is 17.4. The molecular weight excluding hydrogens is 304 g/mol. The molecule has 0 saturated carbocycles. The molecule has 0 aliphatic carbocycles. The van der Waals surface area contributed by atoms with Crippen LogP contribution in [0.4, 0.5) is 0 Å². The molecule has 0 radical (unpaired) electrons. The highest BCUT2D eigenvalue weighted by Crippen LogP contribution is 2.28. The molecule has 1 aliphatic heterocycles. The first-order valence-electron chi connectivity index (χ1n) is 7.54. The Balaban J connectivity index is 2.21. The van der Waals surface area contributed by atoms with Gasteiger partial charge in [-0.05, 0) is 47.2 Å². The Morgan fingerprint density at radius 1 is 1.32 bits per heavy atom. The normalized spacial score (nSPS) is 24.6. The molecule has 1 aromatic rings. The Morgan fingerprint density at radius 3 is 2.55 bits per heavy atom. The summed E-state index contributed by atoms with van der Waals surface area (Å²) in [6.45, 7) is 4.72. The predicted molar refractivity (Wildman–Crippen MR) is 84.2 cm³/mol. The molecule has 0 amide bonds. The van der Waals surface area contributed by atoms with E-state index in [0.717, 1.165) is 0 Å². The Bertz CT molecular complexity index is 607. The highest BCUT2D eigenvalue weighted by atomic mass is 32.2. The van der Waals surface area contributed by atoms with Crippen LogP contribution in [0.3, 0.4) is 0 Å². The molecule has 0 unspecified atom stereocenters. The lowest BCUT2D eigenvalue weighted by Crippen LogP contribution is -2.41. The zero-order valence-corrected chi connectivity index (χ0v) is 14.6. The molecular formula is C14H26N4O3S. The van der Waals surface area contributed by atoms with Crippen LogP contribution in [0.15, 0.2) is 4.90 Å². The van der Waals surface area contributed by atoms with Gasteiger partial charge in [-0.1, -0.05) is 0 Å². The van der Waals surface area contributed by atoms with Crippen molar-refractivity contribution in [2.24, 2.45) is 0 Å². The Hall–Kier alpha value is -0.960. The SMILES string of the molecule is Cc1n[nH]c(C)c1S(=O)(=O)N1CCC[C@@](O)(CN(C)C)CC1. The summed E-state index contributed by atoms with van der Waals surface area (Å²) in [5.74, 6) is 0. The molecule has 1 atom stereocenters. The van der Waals surface area contributed by atoms with E-state index in [1.54, 1.807) is 13.8 Å². The number of nitrogens with zero attached hydrogens (tertiary/aromatic N) is 3. The van der Waals surface area contributed by atoms with Crippen molar-refractivity contribution in [3.63, 3.8) is 0 Å². The predicted octanol–water partition coefficient (Wildman–Crippen LogP) is 0.494. The van der Waals surface area contributed by atoms with Gasteiger partial charge in [-0.25, -0.2) is 8.42 Å². The third-order valence-electron chi connectivity index (χ3n) is 4.15. The van der Waals surface area contributed by atoms with Crippen molar-refractivity contribution < 1.29 is 13.5 Å². The van der Waals surface area contributed by atoms with Crippen molar-refractivity contribution in [1.29, 1.82) is 0 Å². The first-order chi connectivity index (χ1) is 10.2. The number of sulfonamides is 1. The van der Waals surface area contributed by atoms with E-state index in [0.29, 0.717) is 50.3 Å². The fraction of sp³-hybridized carbons (Fsp3) is 0.786. The minimum absolute atomic E-state index is 0.269. The summed E-state index contributed by atoms with van der Waals surface area (Å²) in [5, 5.41) is 17.4. The second-order valence-corrected chi connectivity index (χ2v) is 8.36. The van der Waals surface area contributed by atoms with Gasteiger partial charge in [0.25, 0.3) is 0 Å². The van der Waals surface area contributed by atoms with Crippen LogP contribution < -0.4 is 0 Å². The van der Waals surface area contributed by atoms with Gasteiger partial charge in [-0.3, -0.25) is 5.10 Å². The number of aromatic nitrogens is 2. The molecule has 1 fully saturated rings. The number of rotatable bonds is 4. The Labute approximate surface area is 132 Å². The van der Waals surface area contributed by atoms with E-state index in [-0.39, 0.29) is 4.90 Å². The number of hydrogen-bond donors (Lipinski definition) is 2. The summed E-state index contributed by atoms with van der Waals surface area (Å²) in [6, 6.07) is 0. The van der Waals surface area contributed by atoms with Gasteiger partial charge in [-0.2, -0.15) is 9.40 Å². The van der Waals surface area contributed by atoms with E-state index in [9.17, 15) is 13.5 Å². The largest absolute Gasteiger partial charge is 0.389 e. The highest BCUT2D eigenvalue weighted by Gasteiger charge is 2.36. The molecule has 1 aliphatic rings. The number of aryl methyl sites for hydroxylation is 2. The summed E-state index contributed by atoms with van der Waals surface area (Å²) in [7, 11) is 0.257. The molecule has 8 heteroatoms. The van der Waals surface area contributed by atoms with E-state index in [1.165, 1.54) is 4.31 Å². The zero-order chi connectivity index (χ0) is 16.5. The fourth-order valence-corrected chi connectivity index (χ4v) is 5.00. The average molecular weight is 330 g/mol. The standard InChI is InChI=1S/C14H26N4O3S/c1-11-13(12(2)16-15-11)22(20,21)18-8-5-6-14(19,7-9-18)10-17(3)4/h19H,5-10H2,1-4H3,(H,15,16)/t14-/m0/s1. The van der Waals surface area contributed by atoms with Gasteiger partial charge in [-0.15, -0.1) is 0 Å². The van der Waals surface area contributed by atoms with Gasteiger partial charge in [0.15, 0.2) is 0 Å².